The van der Waals surface area contributed by atoms with Gasteiger partial charge < -0.3 is 14.8 Å². The predicted octanol–water partition coefficient (Wildman–Crippen LogP) is 2.38. The molecule has 1 amide bonds. The number of imidazole rings is 1. The van der Waals surface area contributed by atoms with Crippen LogP contribution in [0.5, 0.6) is 0 Å². The normalized spacial score (nSPS) is 22.5. The van der Waals surface area contributed by atoms with E-state index in [1.807, 2.05) is 54.9 Å². The number of aliphatic hydroxyl groups is 2. The molecule has 1 aromatic heterocycles. The molecule has 2 heterocycles. The highest BCUT2D eigenvalue weighted by Crippen LogP contribution is 2.46. The molecule has 0 spiro atoms. The van der Waals surface area contributed by atoms with Crippen LogP contribution in [0.25, 0.3) is 11.0 Å². The van der Waals surface area contributed by atoms with Crippen LogP contribution in [0.15, 0.2) is 42.5 Å². The van der Waals surface area contributed by atoms with Crippen molar-refractivity contribution in [3.05, 3.63) is 59.4 Å². The third-order valence-electron chi connectivity index (χ3n) is 5.25. The van der Waals surface area contributed by atoms with Gasteiger partial charge in [-0.2, -0.15) is 0 Å². The van der Waals surface area contributed by atoms with E-state index in [1.54, 1.807) is 11.0 Å². The highest BCUT2D eigenvalue weighted by atomic mass is 16.3. The molecule has 0 aliphatic carbocycles. The van der Waals surface area contributed by atoms with Gasteiger partial charge in [-0.3, -0.25) is 9.69 Å². The Morgan fingerprint density at radius 2 is 1.81 bits per heavy atom. The first-order valence-electron chi connectivity index (χ1n) is 8.58. The number of rotatable bonds is 1. The number of carbonyl (C=O) groups excluding carboxylic acids is 1. The van der Waals surface area contributed by atoms with E-state index in [-0.39, 0.29) is 5.91 Å². The summed E-state index contributed by atoms with van der Waals surface area (Å²) in [7, 11) is 1.91. The number of carbonyl (C=O) groups is 1. The third kappa shape index (κ3) is 2.26. The van der Waals surface area contributed by atoms with Crippen LogP contribution in [0.4, 0.5) is 5.69 Å². The van der Waals surface area contributed by atoms with Crippen molar-refractivity contribution in [2.75, 3.05) is 4.90 Å². The first-order chi connectivity index (χ1) is 12.4. The standard InChI is InChI=1S/C20H21N3O3/c1-11-21-16-15(22(11)3)10-9-14-18(16)23(12(2)24)17(20(26)19(14)25)13-7-5-4-6-8-13/h4-10,17,19-20,25-26H,1-3H3/t17-,19-,20-/m1/s1. The second-order valence-electron chi connectivity index (χ2n) is 6.77. The molecule has 26 heavy (non-hydrogen) atoms. The Labute approximate surface area is 151 Å². The van der Waals surface area contributed by atoms with E-state index in [1.165, 1.54) is 6.92 Å². The van der Waals surface area contributed by atoms with Gasteiger partial charge in [0.05, 0.1) is 17.2 Å². The smallest absolute Gasteiger partial charge is 0.224 e. The Hall–Kier alpha value is -2.70. The van der Waals surface area contributed by atoms with Gasteiger partial charge in [-0.1, -0.05) is 36.4 Å². The molecular weight excluding hydrogens is 330 g/mol. The van der Waals surface area contributed by atoms with Crippen LogP contribution in [0, 0.1) is 6.92 Å². The van der Waals surface area contributed by atoms with Crippen LogP contribution in [0.2, 0.25) is 0 Å². The van der Waals surface area contributed by atoms with E-state index in [0.29, 0.717) is 16.8 Å². The minimum Gasteiger partial charge on any atom is -0.388 e. The zero-order chi connectivity index (χ0) is 18.6. The van der Waals surface area contributed by atoms with Gasteiger partial charge in [-0.05, 0) is 18.6 Å². The van der Waals surface area contributed by atoms with Crippen molar-refractivity contribution >= 4 is 22.6 Å². The number of aromatic nitrogens is 2. The van der Waals surface area contributed by atoms with Crippen LogP contribution >= 0.6 is 0 Å². The number of fused-ring (bicyclic) bond motifs is 3. The molecule has 1 aliphatic heterocycles. The maximum absolute atomic E-state index is 12.6. The number of anilines is 1. The maximum atomic E-state index is 12.6. The minimum absolute atomic E-state index is 0.207. The number of hydrogen-bond donors (Lipinski definition) is 2. The van der Waals surface area contributed by atoms with Crippen LogP contribution in [-0.4, -0.2) is 31.8 Å². The number of aliphatic hydroxyl groups excluding tert-OH is 2. The molecule has 1 aliphatic rings. The van der Waals surface area contributed by atoms with Crippen LogP contribution in [0.1, 0.15) is 36.0 Å². The van der Waals surface area contributed by atoms with E-state index in [2.05, 4.69) is 4.98 Å². The first-order valence-corrected chi connectivity index (χ1v) is 8.58. The van der Waals surface area contributed by atoms with Gasteiger partial charge in [0, 0.05) is 19.5 Å². The molecular formula is C20H21N3O3. The van der Waals surface area contributed by atoms with Gasteiger partial charge in [-0.25, -0.2) is 4.98 Å². The van der Waals surface area contributed by atoms with Gasteiger partial charge in [0.1, 0.15) is 23.5 Å². The summed E-state index contributed by atoms with van der Waals surface area (Å²) in [6, 6.07) is 12.2. The van der Waals surface area contributed by atoms with E-state index in [4.69, 9.17) is 0 Å². The molecule has 2 aromatic carbocycles. The zero-order valence-corrected chi connectivity index (χ0v) is 14.9. The lowest BCUT2D eigenvalue weighted by molar-refractivity contribution is -0.118. The Morgan fingerprint density at radius 3 is 2.46 bits per heavy atom. The molecule has 0 radical (unpaired) electrons. The van der Waals surface area contributed by atoms with Gasteiger partial charge in [0.2, 0.25) is 5.91 Å². The predicted molar refractivity (Wildman–Crippen MR) is 98.8 cm³/mol. The molecule has 6 heteroatoms. The lowest BCUT2D eigenvalue weighted by Gasteiger charge is -2.42. The molecule has 0 saturated carbocycles. The summed E-state index contributed by atoms with van der Waals surface area (Å²) < 4.78 is 1.95. The summed E-state index contributed by atoms with van der Waals surface area (Å²) in [5.41, 5.74) is 3.40. The molecule has 134 valence electrons. The fraction of sp³-hybridized carbons (Fsp3) is 0.300. The zero-order valence-electron chi connectivity index (χ0n) is 14.9. The van der Waals surface area contributed by atoms with Gasteiger partial charge >= 0.3 is 0 Å². The van der Waals surface area contributed by atoms with Crippen LogP contribution < -0.4 is 4.90 Å². The summed E-state index contributed by atoms with van der Waals surface area (Å²) in [4.78, 5) is 18.8. The van der Waals surface area contributed by atoms with Gasteiger partial charge in [0.15, 0.2) is 0 Å². The number of aryl methyl sites for hydroxylation is 2. The molecule has 4 rings (SSSR count). The molecule has 3 aromatic rings. The maximum Gasteiger partial charge on any atom is 0.224 e. The Morgan fingerprint density at radius 1 is 1.12 bits per heavy atom. The second-order valence-corrected chi connectivity index (χ2v) is 6.77. The Balaban J connectivity index is 2.04. The molecule has 0 fully saturated rings. The van der Waals surface area contributed by atoms with E-state index >= 15 is 0 Å². The Bertz CT molecular complexity index is 996. The summed E-state index contributed by atoms with van der Waals surface area (Å²) in [5.74, 6) is 0.607. The van der Waals surface area contributed by atoms with Crippen molar-refractivity contribution < 1.29 is 15.0 Å². The van der Waals surface area contributed by atoms with E-state index in [0.717, 1.165) is 16.9 Å². The highest BCUT2D eigenvalue weighted by Gasteiger charge is 2.43. The molecule has 3 atom stereocenters. The number of amides is 1. The van der Waals surface area contributed by atoms with Crippen molar-refractivity contribution in [1.29, 1.82) is 0 Å². The largest absolute Gasteiger partial charge is 0.388 e. The fourth-order valence-corrected chi connectivity index (χ4v) is 3.87. The number of hydrogen-bond acceptors (Lipinski definition) is 4. The molecule has 2 N–H and O–H groups in total. The minimum atomic E-state index is -1.13. The quantitative estimate of drug-likeness (QED) is 0.706. The summed E-state index contributed by atoms with van der Waals surface area (Å²) >= 11 is 0. The third-order valence-corrected chi connectivity index (χ3v) is 5.25. The fourth-order valence-electron chi connectivity index (χ4n) is 3.87. The van der Waals surface area contributed by atoms with Crippen LogP contribution in [-0.2, 0) is 11.8 Å². The van der Waals surface area contributed by atoms with Crippen molar-refractivity contribution in [1.82, 2.24) is 9.55 Å². The summed E-state index contributed by atoms with van der Waals surface area (Å²) in [6.07, 6.45) is -2.23. The summed E-state index contributed by atoms with van der Waals surface area (Å²) in [5, 5.41) is 21.6. The highest BCUT2D eigenvalue weighted by molar-refractivity contribution is 6.03. The van der Waals surface area contributed by atoms with Crippen molar-refractivity contribution in [3.63, 3.8) is 0 Å². The van der Waals surface area contributed by atoms with Gasteiger partial charge in [-0.15, -0.1) is 0 Å². The van der Waals surface area contributed by atoms with Gasteiger partial charge in [0.25, 0.3) is 0 Å². The number of nitrogens with zero attached hydrogens (tertiary/aromatic N) is 3. The lowest BCUT2D eigenvalue weighted by Crippen LogP contribution is -2.46. The van der Waals surface area contributed by atoms with Crippen molar-refractivity contribution in [2.24, 2.45) is 7.05 Å². The first kappa shape index (κ1) is 16.8. The van der Waals surface area contributed by atoms with Crippen molar-refractivity contribution in [2.45, 2.75) is 32.1 Å². The van der Waals surface area contributed by atoms with Crippen LogP contribution in [0.3, 0.4) is 0 Å². The molecule has 0 saturated heterocycles. The lowest BCUT2D eigenvalue weighted by atomic mass is 9.86. The second kappa shape index (κ2) is 5.93. The molecule has 0 unspecified atom stereocenters. The monoisotopic (exact) mass is 351 g/mol. The number of benzene rings is 2. The van der Waals surface area contributed by atoms with Crippen molar-refractivity contribution in [3.8, 4) is 0 Å². The van der Waals surface area contributed by atoms with E-state index in [9.17, 15) is 15.0 Å². The molecule has 6 nitrogen and oxygen atoms in total. The summed E-state index contributed by atoms with van der Waals surface area (Å²) in [6.45, 7) is 3.37. The SMILES string of the molecule is CC(=O)N1c2c(ccc3c2nc(C)n3C)[C@@H](O)[C@H](O)[C@H]1c1ccccc1. The van der Waals surface area contributed by atoms with E-state index < -0.39 is 18.2 Å². The average Bonchev–Trinajstić information content (AvgIpc) is 2.92. The molecule has 0 bridgehead atoms. The average molecular weight is 351 g/mol. The Kier molecular flexibility index (Phi) is 3.82. The topological polar surface area (TPSA) is 78.6 Å².